The molecule has 1 aromatic carbocycles. The van der Waals surface area contributed by atoms with Gasteiger partial charge in [0.15, 0.2) is 0 Å². The molecule has 2 atom stereocenters. The van der Waals surface area contributed by atoms with Crippen LogP contribution in [0.1, 0.15) is 17.0 Å². The second-order valence-electron chi connectivity index (χ2n) is 4.39. The summed E-state index contributed by atoms with van der Waals surface area (Å²) < 4.78 is 13.3. The lowest BCUT2D eigenvalue weighted by Gasteiger charge is -2.30. The molecule has 0 bridgehead atoms. The molecule has 2 aliphatic rings. The highest BCUT2D eigenvalue weighted by Crippen LogP contribution is 2.45. The second kappa shape index (κ2) is 4.53. The number of ether oxygens (including phenoxy) is 2. The smallest absolute Gasteiger partial charge is 0.147 e. The lowest BCUT2D eigenvalue weighted by molar-refractivity contribution is 0.0295. The molecule has 1 N–H and O–H groups in total. The van der Waals surface area contributed by atoms with Crippen LogP contribution in [-0.4, -0.2) is 26.3 Å². The van der Waals surface area contributed by atoms with E-state index in [0.717, 1.165) is 27.8 Å². The van der Waals surface area contributed by atoms with E-state index in [0.29, 0.717) is 18.6 Å². The van der Waals surface area contributed by atoms with Gasteiger partial charge in [-0.1, -0.05) is 0 Å². The Kier molecular flexibility index (Phi) is 3.19. The lowest BCUT2D eigenvalue weighted by Crippen LogP contribution is -2.27. The van der Waals surface area contributed by atoms with Crippen molar-refractivity contribution in [2.75, 3.05) is 20.2 Å². The van der Waals surface area contributed by atoms with Crippen molar-refractivity contribution >= 4 is 31.9 Å². The summed E-state index contributed by atoms with van der Waals surface area (Å²) in [5.74, 6) is 1.30. The minimum absolute atomic E-state index is 0.296. The van der Waals surface area contributed by atoms with Crippen molar-refractivity contribution in [3.63, 3.8) is 0 Å². The molecular weight excluding hydrogens is 350 g/mol. The number of rotatable bonds is 1. The lowest BCUT2D eigenvalue weighted by atomic mass is 9.89. The first-order valence-corrected chi connectivity index (χ1v) is 7.18. The van der Waals surface area contributed by atoms with Crippen LogP contribution >= 0.6 is 31.9 Å². The van der Waals surface area contributed by atoms with E-state index in [-0.39, 0.29) is 0 Å². The van der Waals surface area contributed by atoms with Crippen molar-refractivity contribution in [3.8, 4) is 5.75 Å². The molecule has 0 amide bonds. The molecule has 1 saturated heterocycles. The zero-order valence-corrected chi connectivity index (χ0v) is 12.6. The third-order valence-corrected chi connectivity index (χ3v) is 4.86. The van der Waals surface area contributed by atoms with Gasteiger partial charge in [0, 0.05) is 19.0 Å². The first-order chi connectivity index (χ1) is 8.22. The molecule has 0 unspecified atom stereocenters. The van der Waals surface area contributed by atoms with Gasteiger partial charge < -0.3 is 14.8 Å². The number of methoxy groups -OCH3 is 1. The third kappa shape index (κ3) is 1.84. The molecule has 0 aliphatic carbocycles. The maximum atomic E-state index is 5.87. The second-order valence-corrected chi connectivity index (χ2v) is 6.04. The number of hydrogen-bond acceptors (Lipinski definition) is 3. The molecule has 3 nitrogen and oxygen atoms in total. The molecule has 0 spiro atoms. The van der Waals surface area contributed by atoms with Crippen molar-refractivity contribution < 1.29 is 9.47 Å². The summed E-state index contributed by atoms with van der Waals surface area (Å²) in [5, 5.41) is 3.39. The van der Waals surface area contributed by atoms with Crippen molar-refractivity contribution in [3.05, 3.63) is 26.1 Å². The Hall–Kier alpha value is -0.100. The zero-order chi connectivity index (χ0) is 12.0. The van der Waals surface area contributed by atoms with Crippen LogP contribution in [0, 0.1) is 0 Å². The largest absolute Gasteiger partial charge is 0.494 e. The van der Waals surface area contributed by atoms with Gasteiger partial charge in [-0.15, -0.1) is 0 Å². The van der Waals surface area contributed by atoms with E-state index in [1.807, 2.05) is 0 Å². The Balaban J connectivity index is 2.16. The van der Waals surface area contributed by atoms with Crippen LogP contribution in [-0.2, 0) is 11.3 Å². The summed E-state index contributed by atoms with van der Waals surface area (Å²) in [6.45, 7) is 2.59. The Morgan fingerprint density at radius 1 is 1.41 bits per heavy atom. The summed E-state index contributed by atoms with van der Waals surface area (Å²) in [6, 6.07) is 2.10. The average Bonchev–Trinajstić information content (AvgIpc) is 2.76. The molecule has 0 radical (unpaired) electrons. The minimum Gasteiger partial charge on any atom is -0.494 e. The van der Waals surface area contributed by atoms with Gasteiger partial charge in [0.1, 0.15) is 5.75 Å². The van der Waals surface area contributed by atoms with Gasteiger partial charge in [-0.25, -0.2) is 0 Å². The SMILES string of the molecule is COc1c(Br)cc2c(c1Br)[C@@H]1CNC[C@H]1OC2. The molecule has 1 fully saturated rings. The van der Waals surface area contributed by atoms with Gasteiger partial charge in [-0.2, -0.15) is 0 Å². The number of fused-ring (bicyclic) bond motifs is 3. The van der Waals surface area contributed by atoms with E-state index < -0.39 is 0 Å². The number of hydrogen-bond donors (Lipinski definition) is 1. The summed E-state index contributed by atoms with van der Waals surface area (Å²) in [6.07, 6.45) is 0.296. The molecule has 0 aromatic heterocycles. The van der Waals surface area contributed by atoms with Gasteiger partial charge in [-0.05, 0) is 49.1 Å². The van der Waals surface area contributed by atoms with Crippen LogP contribution in [0.15, 0.2) is 15.0 Å². The van der Waals surface area contributed by atoms with Crippen molar-refractivity contribution in [2.45, 2.75) is 18.6 Å². The fraction of sp³-hybridized carbons (Fsp3) is 0.500. The van der Waals surface area contributed by atoms with E-state index >= 15 is 0 Å². The Morgan fingerprint density at radius 3 is 3.00 bits per heavy atom. The van der Waals surface area contributed by atoms with Crippen molar-refractivity contribution in [2.24, 2.45) is 0 Å². The average molecular weight is 363 g/mol. The van der Waals surface area contributed by atoms with Gasteiger partial charge in [-0.3, -0.25) is 0 Å². The van der Waals surface area contributed by atoms with Crippen LogP contribution in [0.4, 0.5) is 0 Å². The van der Waals surface area contributed by atoms with Gasteiger partial charge in [0.25, 0.3) is 0 Å². The first-order valence-electron chi connectivity index (χ1n) is 5.59. The Morgan fingerprint density at radius 2 is 2.24 bits per heavy atom. The van der Waals surface area contributed by atoms with Crippen molar-refractivity contribution in [1.29, 1.82) is 0 Å². The van der Waals surface area contributed by atoms with Crippen LogP contribution < -0.4 is 10.1 Å². The van der Waals surface area contributed by atoms with Crippen LogP contribution in [0.25, 0.3) is 0 Å². The molecule has 17 heavy (non-hydrogen) atoms. The molecule has 92 valence electrons. The molecule has 2 aliphatic heterocycles. The van der Waals surface area contributed by atoms with E-state index in [2.05, 4.69) is 43.2 Å². The molecule has 5 heteroatoms. The fourth-order valence-electron chi connectivity index (χ4n) is 2.69. The van der Waals surface area contributed by atoms with Crippen LogP contribution in [0.2, 0.25) is 0 Å². The molecule has 3 rings (SSSR count). The summed E-state index contributed by atoms with van der Waals surface area (Å²) in [7, 11) is 1.70. The van der Waals surface area contributed by atoms with Gasteiger partial charge in [0.2, 0.25) is 0 Å². The first kappa shape index (κ1) is 12.0. The van der Waals surface area contributed by atoms with Crippen molar-refractivity contribution in [1.82, 2.24) is 5.32 Å². The number of benzene rings is 1. The quantitative estimate of drug-likeness (QED) is 0.833. The maximum Gasteiger partial charge on any atom is 0.147 e. The highest BCUT2D eigenvalue weighted by Gasteiger charge is 2.37. The van der Waals surface area contributed by atoms with Crippen LogP contribution in [0.5, 0.6) is 5.75 Å². The molecular formula is C12H13Br2NO2. The van der Waals surface area contributed by atoms with E-state index in [1.165, 1.54) is 11.1 Å². The fourth-order valence-corrected chi connectivity index (χ4v) is 4.51. The number of halogens is 2. The zero-order valence-electron chi connectivity index (χ0n) is 9.43. The van der Waals surface area contributed by atoms with Crippen LogP contribution in [0.3, 0.4) is 0 Å². The topological polar surface area (TPSA) is 30.5 Å². The molecule has 1 aromatic rings. The summed E-state index contributed by atoms with van der Waals surface area (Å²) in [4.78, 5) is 0. The summed E-state index contributed by atoms with van der Waals surface area (Å²) >= 11 is 7.21. The Labute approximate surface area is 117 Å². The monoisotopic (exact) mass is 361 g/mol. The van der Waals surface area contributed by atoms with Gasteiger partial charge >= 0.3 is 0 Å². The van der Waals surface area contributed by atoms with Gasteiger partial charge in [0.05, 0.1) is 28.8 Å². The highest BCUT2D eigenvalue weighted by atomic mass is 79.9. The summed E-state index contributed by atoms with van der Waals surface area (Å²) in [5.41, 5.74) is 2.58. The molecule has 0 saturated carbocycles. The normalized spacial score (nSPS) is 26.5. The van der Waals surface area contributed by atoms with E-state index in [4.69, 9.17) is 9.47 Å². The third-order valence-electron chi connectivity index (χ3n) is 3.49. The Bertz CT molecular complexity index is 464. The van der Waals surface area contributed by atoms with E-state index in [9.17, 15) is 0 Å². The minimum atomic E-state index is 0.296. The number of nitrogens with one attached hydrogen (secondary N) is 1. The molecule has 2 heterocycles. The maximum absolute atomic E-state index is 5.87. The predicted octanol–water partition coefficient (Wildman–Crippen LogP) is 2.81. The standard InChI is InChI=1S/C12H13Br2NO2/c1-16-12-8(13)2-6-5-17-9-4-15-3-7(9)10(6)11(12)14/h2,7,9,15H,3-5H2,1H3/t7-,9-/m1/s1. The highest BCUT2D eigenvalue weighted by molar-refractivity contribution is 9.11. The predicted molar refractivity (Wildman–Crippen MR) is 72.6 cm³/mol. The van der Waals surface area contributed by atoms with E-state index in [1.54, 1.807) is 7.11 Å².